The van der Waals surface area contributed by atoms with Crippen molar-refractivity contribution in [2.75, 3.05) is 32.4 Å². The number of fused-ring (bicyclic) bond motifs is 1. The molecule has 8 nitrogen and oxygen atoms in total. The highest BCUT2D eigenvalue weighted by Gasteiger charge is 2.10. The van der Waals surface area contributed by atoms with Crippen LogP contribution in [0, 0.1) is 0 Å². The first kappa shape index (κ1) is 21.5. The van der Waals surface area contributed by atoms with E-state index in [1.165, 1.54) is 11.8 Å². The van der Waals surface area contributed by atoms with E-state index in [1.54, 1.807) is 44.0 Å². The van der Waals surface area contributed by atoms with E-state index in [9.17, 15) is 4.79 Å². The first-order valence-electron chi connectivity index (χ1n) is 9.75. The molecule has 2 aromatic carbocycles. The average Bonchev–Trinajstić information content (AvgIpc) is 3.26. The van der Waals surface area contributed by atoms with Gasteiger partial charge < -0.3 is 19.5 Å². The van der Waals surface area contributed by atoms with E-state index in [1.807, 2.05) is 42.6 Å². The number of nitrogens with zero attached hydrogens (tertiary/aromatic N) is 3. The van der Waals surface area contributed by atoms with Crippen molar-refractivity contribution in [1.82, 2.24) is 14.6 Å². The Balaban J connectivity index is 1.41. The van der Waals surface area contributed by atoms with Gasteiger partial charge in [-0.05, 0) is 48.5 Å². The quantitative estimate of drug-likeness (QED) is 0.404. The van der Waals surface area contributed by atoms with Crippen molar-refractivity contribution < 1.29 is 19.0 Å². The third kappa shape index (κ3) is 4.78. The molecule has 0 spiro atoms. The van der Waals surface area contributed by atoms with E-state index in [0.29, 0.717) is 17.2 Å². The SMILES string of the molecule is COc1ccc(-c2cn3nc(SCC(=O)Nc4ccc(OC)c(OC)c4)ccc3n2)cc1. The minimum absolute atomic E-state index is 0.145. The van der Waals surface area contributed by atoms with Crippen LogP contribution in [0.3, 0.4) is 0 Å². The summed E-state index contributed by atoms with van der Waals surface area (Å²) in [7, 11) is 4.76. The molecule has 1 amide bonds. The summed E-state index contributed by atoms with van der Waals surface area (Å²) in [5, 5.41) is 8.14. The Morgan fingerprint density at radius 1 is 0.969 bits per heavy atom. The van der Waals surface area contributed by atoms with Gasteiger partial charge in [-0.15, -0.1) is 0 Å². The Labute approximate surface area is 189 Å². The molecule has 0 aliphatic heterocycles. The van der Waals surface area contributed by atoms with Crippen LogP contribution in [0.15, 0.2) is 65.8 Å². The lowest BCUT2D eigenvalue weighted by Crippen LogP contribution is -2.14. The number of hydrogen-bond donors (Lipinski definition) is 1. The zero-order valence-electron chi connectivity index (χ0n) is 17.9. The number of methoxy groups -OCH3 is 3. The van der Waals surface area contributed by atoms with Gasteiger partial charge in [-0.1, -0.05) is 11.8 Å². The van der Waals surface area contributed by atoms with E-state index < -0.39 is 0 Å². The number of aromatic nitrogens is 3. The Kier molecular flexibility index (Phi) is 6.46. The van der Waals surface area contributed by atoms with E-state index in [4.69, 9.17) is 14.2 Å². The van der Waals surface area contributed by atoms with E-state index in [2.05, 4.69) is 15.4 Å². The van der Waals surface area contributed by atoms with Crippen molar-refractivity contribution >= 4 is 29.0 Å². The van der Waals surface area contributed by atoms with E-state index >= 15 is 0 Å². The van der Waals surface area contributed by atoms with Crippen molar-refractivity contribution in [1.29, 1.82) is 0 Å². The summed E-state index contributed by atoms with van der Waals surface area (Å²) in [6.45, 7) is 0. The number of hydrogen-bond acceptors (Lipinski definition) is 7. The molecule has 0 aliphatic rings. The smallest absolute Gasteiger partial charge is 0.234 e. The highest BCUT2D eigenvalue weighted by Crippen LogP contribution is 2.30. The van der Waals surface area contributed by atoms with Crippen LogP contribution >= 0.6 is 11.8 Å². The predicted octanol–water partition coefficient (Wildman–Crippen LogP) is 4.15. The van der Waals surface area contributed by atoms with Gasteiger partial charge in [-0.3, -0.25) is 4.79 Å². The first-order valence-corrected chi connectivity index (χ1v) is 10.7. The van der Waals surface area contributed by atoms with Gasteiger partial charge in [0.2, 0.25) is 5.91 Å². The summed E-state index contributed by atoms with van der Waals surface area (Å²) in [6, 6.07) is 16.7. The average molecular weight is 451 g/mol. The van der Waals surface area contributed by atoms with Gasteiger partial charge in [-0.2, -0.15) is 5.10 Å². The number of nitrogens with one attached hydrogen (secondary N) is 1. The number of carbonyl (C=O) groups is 1. The number of anilines is 1. The van der Waals surface area contributed by atoms with Gasteiger partial charge in [0.15, 0.2) is 17.1 Å². The van der Waals surface area contributed by atoms with Crippen LogP contribution in [-0.2, 0) is 4.79 Å². The fourth-order valence-electron chi connectivity index (χ4n) is 3.09. The molecule has 9 heteroatoms. The molecule has 2 heterocycles. The number of thioether (sulfide) groups is 1. The molecule has 0 unspecified atom stereocenters. The summed E-state index contributed by atoms with van der Waals surface area (Å²) >= 11 is 1.35. The van der Waals surface area contributed by atoms with Crippen LogP contribution in [0.2, 0.25) is 0 Å². The summed E-state index contributed by atoms with van der Waals surface area (Å²) in [4.78, 5) is 17.0. The molecule has 0 saturated heterocycles. The normalized spacial score (nSPS) is 10.7. The third-order valence-corrected chi connectivity index (χ3v) is 5.62. The standard InChI is InChI=1S/C23H22N4O4S/c1-29-17-7-4-15(5-8-17)18-13-27-21(25-18)10-11-23(26-27)32-14-22(28)24-16-6-9-19(30-2)20(12-16)31-3/h4-13H,14H2,1-3H3,(H,24,28). The largest absolute Gasteiger partial charge is 0.497 e. The van der Waals surface area contributed by atoms with Crippen molar-refractivity contribution in [2.24, 2.45) is 0 Å². The van der Waals surface area contributed by atoms with Gasteiger partial charge in [-0.25, -0.2) is 9.50 Å². The van der Waals surface area contributed by atoms with E-state index in [0.717, 1.165) is 27.7 Å². The van der Waals surface area contributed by atoms with Crippen LogP contribution in [0.1, 0.15) is 0 Å². The van der Waals surface area contributed by atoms with Gasteiger partial charge in [0.1, 0.15) is 10.8 Å². The molecule has 1 N–H and O–H groups in total. The number of benzene rings is 2. The predicted molar refractivity (Wildman–Crippen MR) is 124 cm³/mol. The number of rotatable bonds is 8. The molecule has 0 bridgehead atoms. The van der Waals surface area contributed by atoms with Crippen LogP contribution in [0.4, 0.5) is 5.69 Å². The van der Waals surface area contributed by atoms with Crippen LogP contribution < -0.4 is 19.5 Å². The van der Waals surface area contributed by atoms with Crippen molar-refractivity contribution in [3.8, 4) is 28.5 Å². The molecular formula is C23H22N4O4S. The minimum Gasteiger partial charge on any atom is -0.497 e. The Hall–Kier alpha value is -3.72. The third-order valence-electron chi connectivity index (χ3n) is 4.70. The maximum absolute atomic E-state index is 12.4. The zero-order chi connectivity index (χ0) is 22.5. The van der Waals surface area contributed by atoms with Crippen LogP contribution in [-0.4, -0.2) is 47.6 Å². The lowest BCUT2D eigenvalue weighted by atomic mass is 10.2. The molecule has 0 radical (unpaired) electrons. The summed E-state index contributed by atoms with van der Waals surface area (Å²) < 4.78 is 17.4. The lowest BCUT2D eigenvalue weighted by molar-refractivity contribution is -0.113. The minimum atomic E-state index is -0.145. The molecular weight excluding hydrogens is 428 g/mol. The zero-order valence-corrected chi connectivity index (χ0v) is 18.7. The molecule has 0 fully saturated rings. The molecule has 4 aromatic rings. The van der Waals surface area contributed by atoms with Gasteiger partial charge in [0, 0.05) is 17.3 Å². The maximum atomic E-state index is 12.4. The summed E-state index contributed by atoms with van der Waals surface area (Å²) in [5.41, 5.74) is 3.15. The highest BCUT2D eigenvalue weighted by molar-refractivity contribution is 7.99. The Bertz CT molecular complexity index is 1240. The lowest BCUT2D eigenvalue weighted by Gasteiger charge is -2.10. The molecule has 0 atom stereocenters. The van der Waals surface area contributed by atoms with Gasteiger partial charge in [0.25, 0.3) is 0 Å². The topological polar surface area (TPSA) is 87.0 Å². The van der Waals surface area contributed by atoms with Crippen LogP contribution in [0.5, 0.6) is 17.2 Å². The second-order valence-corrected chi connectivity index (χ2v) is 7.73. The molecule has 2 aromatic heterocycles. The fourth-order valence-corrected chi connectivity index (χ4v) is 3.75. The van der Waals surface area contributed by atoms with Crippen molar-refractivity contribution in [3.63, 3.8) is 0 Å². The Morgan fingerprint density at radius 2 is 1.75 bits per heavy atom. The van der Waals surface area contributed by atoms with E-state index in [-0.39, 0.29) is 11.7 Å². The molecule has 0 saturated carbocycles. The molecule has 0 aliphatic carbocycles. The van der Waals surface area contributed by atoms with Gasteiger partial charge in [0.05, 0.1) is 39.0 Å². The summed E-state index contributed by atoms with van der Waals surface area (Å²) in [5.74, 6) is 2.02. The Morgan fingerprint density at radius 3 is 2.47 bits per heavy atom. The number of carbonyl (C=O) groups excluding carboxylic acids is 1. The van der Waals surface area contributed by atoms with Crippen LogP contribution in [0.25, 0.3) is 16.9 Å². The summed E-state index contributed by atoms with van der Waals surface area (Å²) in [6.07, 6.45) is 1.87. The molecule has 4 rings (SSSR count). The highest BCUT2D eigenvalue weighted by atomic mass is 32.2. The number of amides is 1. The maximum Gasteiger partial charge on any atom is 0.234 e. The van der Waals surface area contributed by atoms with Gasteiger partial charge >= 0.3 is 0 Å². The second-order valence-electron chi connectivity index (χ2n) is 6.74. The molecule has 164 valence electrons. The number of imidazole rings is 1. The fraction of sp³-hybridized carbons (Fsp3) is 0.174. The second kappa shape index (κ2) is 9.61. The first-order chi connectivity index (χ1) is 15.6. The molecule has 32 heavy (non-hydrogen) atoms. The van der Waals surface area contributed by atoms with Crippen molar-refractivity contribution in [2.45, 2.75) is 5.03 Å². The van der Waals surface area contributed by atoms with Crippen molar-refractivity contribution in [3.05, 3.63) is 60.8 Å². The number of ether oxygens (including phenoxy) is 3. The monoisotopic (exact) mass is 450 g/mol.